The maximum Gasteiger partial charge on any atom is 0.282 e. The Labute approximate surface area is 149 Å². The van der Waals surface area contributed by atoms with E-state index in [9.17, 15) is 16.8 Å². The Morgan fingerprint density at radius 3 is 2.44 bits per heavy atom. The van der Waals surface area contributed by atoms with Gasteiger partial charge in [-0.25, -0.2) is 8.42 Å². The summed E-state index contributed by atoms with van der Waals surface area (Å²) in [6.07, 6.45) is 7.10. The van der Waals surface area contributed by atoms with Gasteiger partial charge in [0.2, 0.25) is 0 Å². The van der Waals surface area contributed by atoms with E-state index in [1.807, 2.05) is 6.92 Å². The fraction of sp³-hybridized carbons (Fsp3) is 0.800. The van der Waals surface area contributed by atoms with Gasteiger partial charge in [-0.3, -0.25) is 4.68 Å². The van der Waals surface area contributed by atoms with Gasteiger partial charge in [-0.05, 0) is 19.8 Å². The van der Waals surface area contributed by atoms with Crippen LogP contribution in [-0.4, -0.2) is 66.4 Å². The minimum absolute atomic E-state index is 0.00311. The molecule has 0 bridgehead atoms. The number of sulfone groups is 1. The first kappa shape index (κ1) is 18.8. The molecular weight excluding hydrogens is 364 g/mol. The van der Waals surface area contributed by atoms with Crippen LogP contribution >= 0.6 is 0 Å². The molecule has 0 saturated carbocycles. The summed E-state index contributed by atoms with van der Waals surface area (Å²) in [5, 5.41) is 4.19. The lowest BCUT2D eigenvalue weighted by atomic mass is 10.2. The van der Waals surface area contributed by atoms with Gasteiger partial charge in [0, 0.05) is 37.9 Å². The molecular formula is C15H26N4O4S2. The SMILES string of the molecule is CCn1cc(C2CS(=O)(=O)CCN2S(=O)(=O)N2CCCCCC2)cn1. The molecule has 1 aromatic heterocycles. The number of aryl methyl sites for hydroxylation is 1. The zero-order valence-corrected chi connectivity index (χ0v) is 16.2. The molecule has 0 amide bonds. The molecule has 142 valence electrons. The molecule has 3 rings (SSSR count). The van der Waals surface area contributed by atoms with Gasteiger partial charge in [0.05, 0.1) is 23.7 Å². The summed E-state index contributed by atoms with van der Waals surface area (Å²) < 4.78 is 55.3. The average molecular weight is 391 g/mol. The van der Waals surface area contributed by atoms with Gasteiger partial charge in [-0.1, -0.05) is 12.8 Å². The van der Waals surface area contributed by atoms with Gasteiger partial charge in [-0.15, -0.1) is 0 Å². The zero-order chi connectivity index (χ0) is 18.1. The van der Waals surface area contributed by atoms with Crippen molar-refractivity contribution in [3.05, 3.63) is 18.0 Å². The van der Waals surface area contributed by atoms with E-state index in [0.717, 1.165) is 25.7 Å². The van der Waals surface area contributed by atoms with Crippen LogP contribution in [0, 0.1) is 0 Å². The molecule has 1 unspecified atom stereocenters. The minimum Gasteiger partial charge on any atom is -0.273 e. The highest BCUT2D eigenvalue weighted by Crippen LogP contribution is 2.31. The Balaban J connectivity index is 1.93. The lowest BCUT2D eigenvalue weighted by Gasteiger charge is -2.37. The largest absolute Gasteiger partial charge is 0.282 e. The molecule has 2 aliphatic heterocycles. The van der Waals surface area contributed by atoms with E-state index >= 15 is 0 Å². The standard InChI is InChI=1S/C15H26N4O4S2/c1-2-17-12-14(11-16-17)15-13-24(20,21)10-9-19(15)25(22,23)18-7-5-3-4-6-8-18/h11-12,15H,2-10,13H2,1H3. The van der Waals surface area contributed by atoms with Crippen molar-refractivity contribution in [2.45, 2.75) is 45.2 Å². The summed E-state index contributed by atoms with van der Waals surface area (Å²) >= 11 is 0. The van der Waals surface area contributed by atoms with E-state index in [1.54, 1.807) is 17.1 Å². The molecule has 1 aromatic rings. The number of rotatable bonds is 4. The third-order valence-electron chi connectivity index (χ3n) is 4.93. The van der Waals surface area contributed by atoms with Crippen LogP contribution in [0.5, 0.6) is 0 Å². The third-order valence-corrected chi connectivity index (χ3v) is 8.61. The molecule has 0 N–H and O–H groups in total. The van der Waals surface area contributed by atoms with Gasteiger partial charge in [0.25, 0.3) is 10.2 Å². The predicted octanol–water partition coefficient (Wildman–Crippen LogP) is 0.795. The summed E-state index contributed by atoms with van der Waals surface area (Å²) in [6, 6.07) is -0.702. The van der Waals surface area contributed by atoms with Crippen molar-refractivity contribution in [3.8, 4) is 0 Å². The number of nitrogens with zero attached hydrogens (tertiary/aromatic N) is 4. The first-order chi connectivity index (χ1) is 11.8. The summed E-state index contributed by atoms with van der Waals surface area (Å²) in [6.45, 7) is 3.60. The van der Waals surface area contributed by atoms with E-state index in [0.29, 0.717) is 25.2 Å². The average Bonchev–Trinajstić information content (AvgIpc) is 2.86. The predicted molar refractivity (Wildman–Crippen MR) is 95.0 cm³/mol. The first-order valence-corrected chi connectivity index (χ1v) is 12.0. The summed E-state index contributed by atoms with van der Waals surface area (Å²) in [5.41, 5.74) is 0.642. The minimum atomic E-state index is -3.69. The van der Waals surface area contributed by atoms with Crippen LogP contribution in [-0.2, 0) is 26.6 Å². The second kappa shape index (κ2) is 7.34. The number of aromatic nitrogens is 2. The van der Waals surface area contributed by atoms with Crippen LogP contribution in [0.1, 0.15) is 44.2 Å². The molecule has 0 aromatic carbocycles. The fourth-order valence-corrected chi connectivity index (χ4v) is 7.04. The molecule has 2 fully saturated rings. The van der Waals surface area contributed by atoms with Crippen molar-refractivity contribution in [3.63, 3.8) is 0 Å². The second-order valence-corrected chi connectivity index (χ2v) is 10.8. The van der Waals surface area contributed by atoms with E-state index in [-0.39, 0.29) is 18.1 Å². The van der Waals surface area contributed by atoms with Crippen LogP contribution in [0.15, 0.2) is 12.4 Å². The van der Waals surface area contributed by atoms with Crippen LogP contribution in [0.3, 0.4) is 0 Å². The van der Waals surface area contributed by atoms with Crippen molar-refractivity contribution in [1.29, 1.82) is 0 Å². The Morgan fingerprint density at radius 1 is 1.16 bits per heavy atom. The Morgan fingerprint density at radius 2 is 1.84 bits per heavy atom. The monoisotopic (exact) mass is 390 g/mol. The van der Waals surface area contributed by atoms with E-state index in [2.05, 4.69) is 5.10 Å². The third kappa shape index (κ3) is 4.07. The van der Waals surface area contributed by atoms with Crippen molar-refractivity contribution < 1.29 is 16.8 Å². The number of hydrogen-bond donors (Lipinski definition) is 0. The highest BCUT2D eigenvalue weighted by atomic mass is 32.2. The first-order valence-electron chi connectivity index (χ1n) is 8.83. The van der Waals surface area contributed by atoms with Gasteiger partial charge in [-0.2, -0.15) is 22.1 Å². The highest BCUT2D eigenvalue weighted by Gasteiger charge is 2.42. The molecule has 2 aliphatic rings. The van der Waals surface area contributed by atoms with Crippen molar-refractivity contribution >= 4 is 20.0 Å². The maximum absolute atomic E-state index is 13.2. The lowest BCUT2D eigenvalue weighted by Crippen LogP contribution is -2.51. The van der Waals surface area contributed by atoms with Crippen LogP contribution in [0.4, 0.5) is 0 Å². The fourth-order valence-electron chi connectivity index (χ4n) is 3.48. The summed E-state index contributed by atoms with van der Waals surface area (Å²) in [4.78, 5) is 0. The lowest BCUT2D eigenvalue weighted by molar-refractivity contribution is 0.300. The van der Waals surface area contributed by atoms with Gasteiger partial charge < -0.3 is 0 Å². The molecule has 10 heteroatoms. The second-order valence-electron chi connectivity index (χ2n) is 6.69. The Hall–Kier alpha value is -0.970. The van der Waals surface area contributed by atoms with Gasteiger partial charge in [0.1, 0.15) is 0 Å². The quantitative estimate of drug-likeness (QED) is 0.758. The topological polar surface area (TPSA) is 92.6 Å². The zero-order valence-electron chi connectivity index (χ0n) is 14.5. The van der Waals surface area contributed by atoms with Crippen molar-refractivity contribution in [2.75, 3.05) is 31.1 Å². The van der Waals surface area contributed by atoms with Gasteiger partial charge in [0.15, 0.2) is 9.84 Å². The van der Waals surface area contributed by atoms with Crippen molar-refractivity contribution in [1.82, 2.24) is 18.4 Å². The molecule has 8 nitrogen and oxygen atoms in total. The Bertz CT molecular complexity index is 795. The normalized spacial score (nSPS) is 26.4. The molecule has 0 aliphatic carbocycles. The molecule has 25 heavy (non-hydrogen) atoms. The summed E-state index contributed by atoms with van der Waals surface area (Å²) in [5.74, 6) is -0.312. The molecule has 0 radical (unpaired) electrons. The van der Waals surface area contributed by atoms with Crippen LogP contribution in [0.25, 0.3) is 0 Å². The van der Waals surface area contributed by atoms with E-state index < -0.39 is 26.1 Å². The molecule has 3 heterocycles. The maximum atomic E-state index is 13.2. The highest BCUT2D eigenvalue weighted by molar-refractivity contribution is 7.91. The van der Waals surface area contributed by atoms with Gasteiger partial charge >= 0.3 is 0 Å². The smallest absolute Gasteiger partial charge is 0.273 e. The van der Waals surface area contributed by atoms with E-state index in [1.165, 1.54) is 8.61 Å². The number of hydrogen-bond acceptors (Lipinski definition) is 5. The van der Waals surface area contributed by atoms with E-state index in [4.69, 9.17) is 0 Å². The van der Waals surface area contributed by atoms with Crippen LogP contribution < -0.4 is 0 Å². The molecule has 0 spiro atoms. The van der Waals surface area contributed by atoms with Crippen molar-refractivity contribution in [2.24, 2.45) is 0 Å². The molecule has 2 saturated heterocycles. The summed E-state index contributed by atoms with van der Waals surface area (Å²) in [7, 11) is -6.96. The Kier molecular flexibility index (Phi) is 5.52. The van der Waals surface area contributed by atoms with Crippen LogP contribution in [0.2, 0.25) is 0 Å². The molecule has 1 atom stereocenters.